The van der Waals surface area contributed by atoms with Gasteiger partial charge in [-0.25, -0.2) is 9.59 Å². The van der Waals surface area contributed by atoms with E-state index in [-0.39, 0.29) is 56.3 Å². The van der Waals surface area contributed by atoms with E-state index in [0.717, 1.165) is 29.7 Å². The summed E-state index contributed by atoms with van der Waals surface area (Å²) in [5, 5.41) is 24.0. The molecule has 3 heterocycles. The number of amides is 1. The summed E-state index contributed by atoms with van der Waals surface area (Å²) in [6.07, 6.45) is -3.99. The summed E-state index contributed by atoms with van der Waals surface area (Å²) in [6, 6.07) is 5.22. The summed E-state index contributed by atoms with van der Waals surface area (Å²) in [5.74, 6) is -10.6. The van der Waals surface area contributed by atoms with Crippen molar-refractivity contribution in [1.29, 1.82) is 0 Å². The Bertz CT molecular complexity index is 2120. The average Bonchev–Trinajstić information content (AvgIpc) is 3.34. The summed E-state index contributed by atoms with van der Waals surface area (Å²) in [7, 11) is 5.13. The lowest BCUT2D eigenvalue weighted by Gasteiger charge is -2.47. The largest absolute Gasteiger partial charge is 0.457 e. The number of cyclic esters (lactones) is 1. The van der Waals surface area contributed by atoms with Crippen molar-refractivity contribution in [3.63, 3.8) is 0 Å². The van der Waals surface area contributed by atoms with Gasteiger partial charge in [0.05, 0.1) is 24.4 Å². The van der Waals surface area contributed by atoms with Crippen molar-refractivity contribution in [1.82, 2.24) is 4.90 Å². The first-order valence-corrected chi connectivity index (χ1v) is 25.1. The van der Waals surface area contributed by atoms with Crippen molar-refractivity contribution in [2.24, 2.45) is 29.6 Å². The summed E-state index contributed by atoms with van der Waals surface area (Å²) in [4.78, 5) is 72.2. The van der Waals surface area contributed by atoms with E-state index in [1.54, 1.807) is 26.8 Å². The van der Waals surface area contributed by atoms with Gasteiger partial charge in [-0.05, 0) is 95.5 Å². The molecule has 1 aliphatic carbocycles. The van der Waals surface area contributed by atoms with Crippen LogP contribution < -0.4 is 0 Å². The van der Waals surface area contributed by atoms with Crippen molar-refractivity contribution in [3.8, 4) is 0 Å². The lowest BCUT2D eigenvalue weighted by molar-refractivity contribution is -0.302. The number of aliphatic hydroxyl groups excluding tert-OH is 1. The molecule has 15 atom stereocenters. The Morgan fingerprint density at radius 3 is 2.17 bits per heavy atom. The lowest BCUT2D eigenvalue weighted by atomic mass is 9.81. The second kappa shape index (κ2) is 25.3. The van der Waals surface area contributed by atoms with Gasteiger partial charge >= 0.3 is 18.1 Å². The number of nitrogens with zero attached hydrogens (tertiary/aromatic N) is 1. The fourth-order valence-electron chi connectivity index (χ4n) is 11.1. The number of halogens is 3. The van der Waals surface area contributed by atoms with Crippen LogP contribution in [0.25, 0.3) is 0 Å². The van der Waals surface area contributed by atoms with Crippen molar-refractivity contribution >= 4 is 29.4 Å². The van der Waals surface area contributed by atoms with E-state index in [1.165, 1.54) is 39.5 Å². The van der Waals surface area contributed by atoms with E-state index >= 15 is 0 Å². The Balaban J connectivity index is 1.49. The molecule has 3 fully saturated rings. The number of hydrogen-bond acceptors (Lipinski definition) is 14. The molecule has 15 nitrogen and oxygen atoms in total. The van der Waals surface area contributed by atoms with Gasteiger partial charge in [0.25, 0.3) is 17.3 Å². The van der Waals surface area contributed by atoms with Crippen LogP contribution in [0.1, 0.15) is 111 Å². The number of alkyl halides is 3. The maximum Gasteiger partial charge on any atom is 0.432 e. The number of rotatable bonds is 11. The second-order valence-electron chi connectivity index (χ2n) is 20.4. The third-order valence-electron chi connectivity index (χ3n) is 15.3. The minimum Gasteiger partial charge on any atom is -0.457 e. The number of hydrogen-bond donors (Lipinski definition) is 2. The highest BCUT2D eigenvalue weighted by Crippen LogP contribution is 2.45. The van der Waals surface area contributed by atoms with Crippen molar-refractivity contribution in [3.05, 3.63) is 71.8 Å². The molecule has 18 heteroatoms. The first kappa shape index (κ1) is 58.6. The van der Waals surface area contributed by atoms with E-state index in [0.29, 0.717) is 44.1 Å². The molecule has 1 saturated carbocycles. The Morgan fingerprint density at radius 2 is 1.56 bits per heavy atom. The Kier molecular flexibility index (Phi) is 20.6. The zero-order valence-electron chi connectivity index (χ0n) is 43.2. The molecule has 4 aliphatic rings. The molecule has 2 N–H and O–H groups in total. The van der Waals surface area contributed by atoms with Crippen LogP contribution in [0.3, 0.4) is 0 Å². The van der Waals surface area contributed by atoms with Crippen molar-refractivity contribution in [2.45, 2.75) is 172 Å². The molecule has 3 aliphatic heterocycles. The van der Waals surface area contributed by atoms with E-state index in [2.05, 4.69) is 6.58 Å². The molecule has 402 valence electrons. The van der Waals surface area contributed by atoms with Crippen LogP contribution >= 0.6 is 0 Å². The third kappa shape index (κ3) is 13.0. The zero-order chi connectivity index (χ0) is 53.3. The summed E-state index contributed by atoms with van der Waals surface area (Å²) < 4.78 is 84.8. The maximum absolute atomic E-state index is 14.8. The first-order valence-electron chi connectivity index (χ1n) is 25.1. The number of esters is 2. The van der Waals surface area contributed by atoms with Crippen molar-refractivity contribution in [2.75, 3.05) is 35.0 Å². The molecule has 5 rings (SSSR count). The monoisotopic (exact) mass is 1020 g/mol. The number of carbonyl (C=O) groups is 5. The number of benzene rings is 1. The normalized spacial score (nSPS) is 35.9. The van der Waals surface area contributed by atoms with E-state index in [4.69, 9.17) is 33.2 Å². The molecule has 15 unspecified atom stereocenters. The summed E-state index contributed by atoms with van der Waals surface area (Å²) >= 11 is 0. The standard InChI is InChI=1S/C54H76F3NO14/c1-11-17-37-25-31(2)24-32(3)26-44(67-8)47-45(68-9)28-34(5)53(65,72-47)48(61)49(62)58-23-16-15-20-39(58)50(63)71-46(35(6)40(59)30-41(37)60)33(4)27-36-21-22-42(43(29-36)66-7)70-51(64)52(69-10,54(55,56)57)38-18-13-12-14-19-38/h11-14,18-19,25,27,32,34-37,39-40,42-47,59,65H,1,15-17,20-24,26,28-30H2,2-10H3/b31-25+,33-27?. The van der Waals surface area contributed by atoms with Gasteiger partial charge in [-0.2, -0.15) is 13.2 Å². The van der Waals surface area contributed by atoms with E-state index in [1.807, 2.05) is 26.0 Å². The number of ether oxygens (including phenoxy) is 7. The second-order valence-corrected chi connectivity index (χ2v) is 20.4. The Morgan fingerprint density at radius 1 is 0.903 bits per heavy atom. The molecule has 0 spiro atoms. The number of methoxy groups -OCH3 is 4. The van der Waals surface area contributed by atoms with Gasteiger partial charge in [-0.15, -0.1) is 6.58 Å². The Labute approximate surface area is 421 Å². The first-order chi connectivity index (χ1) is 34.0. The molecular formula is C54H76F3NO14. The fraction of sp³-hybridized carbons (Fsp3) is 0.685. The molecule has 2 saturated heterocycles. The van der Waals surface area contributed by atoms with Crippen LogP contribution in [-0.4, -0.2) is 140 Å². The Hall–Kier alpha value is -4.30. The van der Waals surface area contributed by atoms with Gasteiger partial charge in [0.2, 0.25) is 5.79 Å². The van der Waals surface area contributed by atoms with Gasteiger partial charge in [-0.3, -0.25) is 14.4 Å². The van der Waals surface area contributed by atoms with Gasteiger partial charge in [0, 0.05) is 64.7 Å². The highest BCUT2D eigenvalue weighted by atomic mass is 19.4. The number of allylic oxidation sites excluding steroid dienone is 4. The lowest BCUT2D eigenvalue weighted by Crippen LogP contribution is -2.64. The number of Topliss-reactive ketones (excluding diaryl/α,β-unsaturated/α-hetero) is 2. The number of fused-ring (bicyclic) bond motifs is 3. The van der Waals surface area contributed by atoms with Crippen LogP contribution in [0.4, 0.5) is 13.2 Å². The van der Waals surface area contributed by atoms with Crippen LogP contribution in [0.5, 0.6) is 0 Å². The molecular weight excluding hydrogens is 944 g/mol. The molecule has 0 radical (unpaired) electrons. The topological polar surface area (TPSA) is 194 Å². The number of piperidine rings is 1. The highest BCUT2D eigenvalue weighted by molar-refractivity contribution is 6.39. The molecule has 1 aromatic rings. The maximum atomic E-state index is 14.8. The van der Waals surface area contributed by atoms with Gasteiger partial charge in [0.15, 0.2) is 0 Å². The average molecular weight is 1020 g/mol. The molecule has 2 bridgehead atoms. The predicted octanol–water partition coefficient (Wildman–Crippen LogP) is 7.29. The van der Waals surface area contributed by atoms with Crippen LogP contribution in [0.2, 0.25) is 0 Å². The SMILES string of the molecule is C=CCC1/C=C(\C)CC(C)CC(OC)C2OC(O)(C(=O)C(=O)N3CCCCC3C(=O)OC(C(C)=CC3CCC(OC(=O)C(OC)(c4ccccc4)C(F)(F)F)C(OC)C3)C(C)C(O)CC1=O)C(C)CC2OC. The number of carbonyl (C=O) groups excluding carboxylic acids is 5. The third-order valence-corrected chi connectivity index (χ3v) is 15.3. The fourth-order valence-corrected chi connectivity index (χ4v) is 11.1. The number of aliphatic hydroxyl groups is 2. The van der Waals surface area contributed by atoms with Crippen LogP contribution in [0.15, 0.2) is 66.3 Å². The van der Waals surface area contributed by atoms with Crippen LogP contribution in [0, 0.1) is 29.6 Å². The predicted molar refractivity (Wildman–Crippen MR) is 258 cm³/mol. The van der Waals surface area contributed by atoms with E-state index in [9.17, 15) is 47.4 Å². The molecule has 1 amide bonds. The van der Waals surface area contributed by atoms with E-state index < -0.39 is 113 Å². The minimum absolute atomic E-state index is 0.00755. The quantitative estimate of drug-likeness (QED) is 0.127. The molecule has 72 heavy (non-hydrogen) atoms. The summed E-state index contributed by atoms with van der Waals surface area (Å²) in [5.41, 5.74) is -2.51. The van der Waals surface area contributed by atoms with Gasteiger partial charge in [-0.1, -0.05) is 74.9 Å². The molecule has 1 aromatic carbocycles. The molecule has 0 aromatic heterocycles. The van der Waals surface area contributed by atoms with Gasteiger partial charge in [0.1, 0.15) is 30.1 Å². The summed E-state index contributed by atoms with van der Waals surface area (Å²) in [6.45, 7) is 12.7. The van der Waals surface area contributed by atoms with Crippen molar-refractivity contribution < 1.29 is 80.5 Å². The van der Waals surface area contributed by atoms with Gasteiger partial charge < -0.3 is 48.3 Å². The zero-order valence-corrected chi connectivity index (χ0v) is 43.2. The number of ketones is 2. The van der Waals surface area contributed by atoms with Crippen LogP contribution in [-0.2, 0) is 62.7 Å². The highest BCUT2D eigenvalue weighted by Gasteiger charge is 2.65. The smallest absolute Gasteiger partial charge is 0.432 e. The minimum atomic E-state index is -5.18.